The van der Waals surface area contributed by atoms with E-state index in [1.54, 1.807) is 18.2 Å². The van der Waals surface area contributed by atoms with Gasteiger partial charge in [-0.2, -0.15) is 0 Å². The largest absolute Gasteiger partial charge is 0.506 e. The van der Waals surface area contributed by atoms with Gasteiger partial charge < -0.3 is 15.7 Å². The number of nitrogens with one attached hydrogen (secondary N) is 2. The second-order valence-electron chi connectivity index (χ2n) is 5.73. The number of aromatic nitrogens is 1. The number of amides is 1. The topological polar surface area (TPSA) is 74.2 Å². The van der Waals surface area contributed by atoms with Crippen molar-refractivity contribution in [2.75, 3.05) is 10.6 Å². The van der Waals surface area contributed by atoms with E-state index in [4.69, 9.17) is 0 Å². The molecular weight excluding hydrogens is 334 g/mol. The lowest BCUT2D eigenvalue weighted by molar-refractivity contribution is -0.114. The van der Waals surface area contributed by atoms with Crippen LogP contribution in [0.15, 0.2) is 53.9 Å². The molecule has 3 aromatic rings. The van der Waals surface area contributed by atoms with Crippen LogP contribution < -0.4 is 10.6 Å². The number of nitrogens with zero attached hydrogens (tertiary/aromatic N) is 1. The lowest BCUT2D eigenvalue weighted by atomic mass is 10.1. The van der Waals surface area contributed by atoms with E-state index in [9.17, 15) is 9.90 Å². The van der Waals surface area contributed by atoms with Gasteiger partial charge in [-0.15, -0.1) is 11.3 Å². The number of phenolic OH excluding ortho intramolecular Hbond substituents is 1. The lowest BCUT2D eigenvalue weighted by Crippen LogP contribution is -2.06. The Balaban J connectivity index is 1.78. The van der Waals surface area contributed by atoms with E-state index in [1.165, 1.54) is 23.8 Å². The number of rotatable bonds is 5. The zero-order chi connectivity index (χ0) is 17.8. The number of thiazole rings is 1. The number of anilines is 2. The fraction of sp³-hybridized carbons (Fsp3) is 0.158. The van der Waals surface area contributed by atoms with Crippen molar-refractivity contribution in [2.24, 2.45) is 0 Å². The minimum atomic E-state index is -0.232. The Hall–Kier alpha value is -2.86. The molecule has 6 heteroatoms. The Morgan fingerprint density at radius 1 is 1.20 bits per heavy atom. The van der Waals surface area contributed by atoms with E-state index in [0.717, 1.165) is 16.4 Å². The monoisotopic (exact) mass is 353 g/mol. The van der Waals surface area contributed by atoms with Crippen molar-refractivity contribution in [1.82, 2.24) is 4.98 Å². The smallest absolute Gasteiger partial charge is 0.221 e. The molecule has 2 aromatic carbocycles. The third-order valence-corrected chi connectivity index (χ3v) is 4.52. The SMILES string of the molecule is CC(=O)Nc1cc(-c2csc(N[C@@H](C)c3ccccc3)n2)ccc1O. The molecule has 0 spiro atoms. The van der Waals surface area contributed by atoms with Crippen LogP contribution in [0, 0.1) is 0 Å². The summed E-state index contributed by atoms with van der Waals surface area (Å²) in [5.41, 5.74) is 3.19. The van der Waals surface area contributed by atoms with E-state index in [1.807, 2.05) is 23.6 Å². The Morgan fingerprint density at radius 2 is 1.96 bits per heavy atom. The molecule has 0 bridgehead atoms. The van der Waals surface area contributed by atoms with Crippen LogP contribution in [0.4, 0.5) is 10.8 Å². The first-order chi connectivity index (χ1) is 12.0. The van der Waals surface area contributed by atoms with Crippen molar-refractivity contribution in [3.63, 3.8) is 0 Å². The predicted molar refractivity (Wildman–Crippen MR) is 102 cm³/mol. The minimum Gasteiger partial charge on any atom is -0.506 e. The Bertz CT molecular complexity index is 877. The predicted octanol–water partition coefficient (Wildman–Crippen LogP) is 4.65. The van der Waals surface area contributed by atoms with Gasteiger partial charge in [0.1, 0.15) is 5.75 Å². The number of hydrogen-bond acceptors (Lipinski definition) is 5. The van der Waals surface area contributed by atoms with Crippen LogP contribution in [0.1, 0.15) is 25.5 Å². The van der Waals surface area contributed by atoms with Crippen molar-refractivity contribution in [1.29, 1.82) is 0 Å². The van der Waals surface area contributed by atoms with Crippen molar-refractivity contribution in [3.05, 3.63) is 59.5 Å². The molecule has 0 aliphatic rings. The Labute approximate surface area is 150 Å². The highest BCUT2D eigenvalue weighted by molar-refractivity contribution is 7.14. The van der Waals surface area contributed by atoms with Gasteiger partial charge in [-0.1, -0.05) is 30.3 Å². The summed E-state index contributed by atoms with van der Waals surface area (Å²) in [7, 11) is 0. The summed E-state index contributed by atoms with van der Waals surface area (Å²) in [5.74, 6) is -0.199. The molecule has 1 atom stereocenters. The first-order valence-electron chi connectivity index (χ1n) is 7.91. The maximum absolute atomic E-state index is 11.2. The van der Waals surface area contributed by atoms with Gasteiger partial charge >= 0.3 is 0 Å². The van der Waals surface area contributed by atoms with Gasteiger partial charge in [-0.3, -0.25) is 4.79 Å². The summed E-state index contributed by atoms with van der Waals surface area (Å²) in [6.07, 6.45) is 0. The summed E-state index contributed by atoms with van der Waals surface area (Å²) in [6, 6.07) is 15.4. The first-order valence-corrected chi connectivity index (χ1v) is 8.79. The molecule has 1 aromatic heterocycles. The number of hydrogen-bond donors (Lipinski definition) is 3. The molecule has 0 radical (unpaired) electrons. The molecule has 0 aliphatic heterocycles. The number of carbonyl (C=O) groups excluding carboxylic acids is 1. The van der Waals surface area contributed by atoms with E-state index in [2.05, 4.69) is 34.7 Å². The normalized spacial score (nSPS) is 11.8. The number of benzene rings is 2. The van der Waals surface area contributed by atoms with Gasteiger partial charge in [0.25, 0.3) is 0 Å². The van der Waals surface area contributed by atoms with Gasteiger partial charge in [-0.05, 0) is 30.7 Å². The molecule has 0 saturated heterocycles. The van der Waals surface area contributed by atoms with Gasteiger partial charge in [0.2, 0.25) is 5.91 Å². The average Bonchev–Trinajstić information content (AvgIpc) is 3.05. The molecule has 0 aliphatic carbocycles. The van der Waals surface area contributed by atoms with E-state index in [0.29, 0.717) is 5.69 Å². The second-order valence-corrected chi connectivity index (χ2v) is 6.59. The van der Waals surface area contributed by atoms with E-state index >= 15 is 0 Å². The first kappa shape index (κ1) is 17.0. The number of aromatic hydroxyl groups is 1. The molecule has 3 N–H and O–H groups in total. The maximum Gasteiger partial charge on any atom is 0.221 e. The molecular formula is C19H19N3O2S. The van der Waals surface area contributed by atoms with Crippen molar-refractivity contribution in [3.8, 4) is 17.0 Å². The summed E-state index contributed by atoms with van der Waals surface area (Å²) in [5, 5.41) is 18.6. The standard InChI is InChI=1S/C19H19N3O2S/c1-12(14-6-4-3-5-7-14)20-19-22-17(11-25-19)15-8-9-18(24)16(10-15)21-13(2)23/h3-12,24H,1-2H3,(H,20,22)(H,21,23)/t12-/m0/s1. The molecule has 0 saturated carbocycles. The van der Waals surface area contributed by atoms with Gasteiger partial charge in [-0.25, -0.2) is 4.98 Å². The Kier molecular flexibility index (Phi) is 5.00. The van der Waals surface area contributed by atoms with Gasteiger partial charge in [0.15, 0.2) is 5.13 Å². The highest BCUT2D eigenvalue weighted by Gasteiger charge is 2.11. The van der Waals surface area contributed by atoms with E-state index in [-0.39, 0.29) is 17.7 Å². The fourth-order valence-electron chi connectivity index (χ4n) is 2.47. The summed E-state index contributed by atoms with van der Waals surface area (Å²) >= 11 is 1.52. The van der Waals surface area contributed by atoms with Crippen LogP contribution in [-0.2, 0) is 4.79 Å². The van der Waals surface area contributed by atoms with Crippen molar-refractivity contribution >= 4 is 28.1 Å². The fourth-order valence-corrected chi connectivity index (χ4v) is 3.28. The number of carbonyl (C=O) groups is 1. The molecule has 25 heavy (non-hydrogen) atoms. The molecule has 1 amide bonds. The third-order valence-electron chi connectivity index (χ3n) is 3.75. The van der Waals surface area contributed by atoms with Crippen LogP contribution in [0.25, 0.3) is 11.3 Å². The second kappa shape index (κ2) is 7.36. The molecule has 0 unspecified atom stereocenters. The summed E-state index contributed by atoms with van der Waals surface area (Å²) in [4.78, 5) is 15.8. The molecule has 1 heterocycles. The van der Waals surface area contributed by atoms with Crippen LogP contribution in [0.2, 0.25) is 0 Å². The minimum absolute atomic E-state index is 0.0326. The number of phenols is 1. The van der Waals surface area contributed by atoms with Crippen LogP contribution in [-0.4, -0.2) is 16.0 Å². The van der Waals surface area contributed by atoms with Gasteiger partial charge in [0, 0.05) is 17.9 Å². The lowest BCUT2D eigenvalue weighted by Gasteiger charge is -2.12. The van der Waals surface area contributed by atoms with Gasteiger partial charge in [0.05, 0.1) is 17.4 Å². The average molecular weight is 353 g/mol. The molecule has 0 fully saturated rings. The maximum atomic E-state index is 11.2. The third kappa shape index (κ3) is 4.16. The molecule has 3 rings (SSSR count). The summed E-state index contributed by atoms with van der Waals surface area (Å²) < 4.78 is 0. The Morgan fingerprint density at radius 3 is 2.68 bits per heavy atom. The summed E-state index contributed by atoms with van der Waals surface area (Å²) in [6.45, 7) is 3.49. The van der Waals surface area contributed by atoms with Crippen LogP contribution in [0.5, 0.6) is 5.75 Å². The zero-order valence-corrected chi connectivity index (χ0v) is 14.8. The van der Waals surface area contributed by atoms with E-state index < -0.39 is 0 Å². The zero-order valence-electron chi connectivity index (χ0n) is 14.0. The van der Waals surface area contributed by atoms with Crippen molar-refractivity contribution in [2.45, 2.75) is 19.9 Å². The quantitative estimate of drug-likeness (QED) is 0.584. The molecule has 128 valence electrons. The van der Waals surface area contributed by atoms with Crippen LogP contribution >= 0.6 is 11.3 Å². The van der Waals surface area contributed by atoms with Crippen molar-refractivity contribution < 1.29 is 9.90 Å². The highest BCUT2D eigenvalue weighted by Crippen LogP contribution is 2.32. The van der Waals surface area contributed by atoms with Crippen LogP contribution in [0.3, 0.4) is 0 Å². The highest BCUT2D eigenvalue weighted by atomic mass is 32.1. The molecule has 5 nitrogen and oxygen atoms in total.